The maximum Gasteiger partial charge on any atom is 0.274 e. The van der Waals surface area contributed by atoms with Gasteiger partial charge in [0.2, 0.25) is 0 Å². The number of nitrogens with one attached hydrogen (secondary N) is 2. The second kappa shape index (κ2) is 9.97. The smallest absolute Gasteiger partial charge is 0.274 e. The van der Waals surface area contributed by atoms with Gasteiger partial charge in [-0.1, -0.05) is 42.2 Å². The molecule has 5 rings (SSSR count). The normalized spacial score (nSPS) is 11.7. The number of benzene rings is 2. The number of fused-ring (bicyclic) bond motifs is 2. The van der Waals surface area contributed by atoms with E-state index >= 15 is 0 Å². The summed E-state index contributed by atoms with van der Waals surface area (Å²) in [7, 11) is 1.82. The lowest BCUT2D eigenvalue weighted by Crippen LogP contribution is -2.33. The average molecular weight is 492 g/mol. The molecule has 0 saturated heterocycles. The summed E-state index contributed by atoms with van der Waals surface area (Å²) in [5.74, 6) is 5.77. The van der Waals surface area contributed by atoms with Crippen molar-refractivity contribution in [3.63, 3.8) is 0 Å². The number of pyridine rings is 1. The van der Waals surface area contributed by atoms with Crippen molar-refractivity contribution in [3.05, 3.63) is 100 Å². The number of imidazole rings is 1. The number of para-hydroxylation sites is 1. The van der Waals surface area contributed by atoms with Crippen molar-refractivity contribution in [2.75, 3.05) is 19.3 Å². The molecule has 0 radical (unpaired) electrons. The summed E-state index contributed by atoms with van der Waals surface area (Å²) >= 11 is 0. The summed E-state index contributed by atoms with van der Waals surface area (Å²) in [6, 6.07) is 19.7. The molecule has 3 heterocycles. The number of amides is 1. The van der Waals surface area contributed by atoms with E-state index in [2.05, 4.69) is 32.6 Å². The Labute approximate surface area is 212 Å². The molecule has 0 aliphatic carbocycles. The van der Waals surface area contributed by atoms with E-state index in [4.69, 9.17) is 5.73 Å². The van der Waals surface area contributed by atoms with E-state index in [1.807, 2.05) is 68.6 Å². The Hall–Kier alpha value is -4.94. The first-order valence-corrected chi connectivity index (χ1v) is 11.8. The largest absolute Gasteiger partial charge is 0.382 e. The summed E-state index contributed by atoms with van der Waals surface area (Å²) in [5, 5.41) is 11.4. The fraction of sp³-hybridized carbons (Fsp3) is 0.143. The average Bonchev–Trinajstić information content (AvgIpc) is 3.24. The van der Waals surface area contributed by atoms with Crippen molar-refractivity contribution < 1.29 is 4.79 Å². The Bertz CT molecular complexity index is 1740. The molecule has 0 unspecified atom stereocenters. The van der Waals surface area contributed by atoms with Crippen LogP contribution in [0, 0.1) is 11.8 Å². The van der Waals surface area contributed by atoms with Crippen molar-refractivity contribution in [1.29, 1.82) is 0 Å². The van der Waals surface area contributed by atoms with E-state index in [0.717, 1.165) is 5.39 Å². The van der Waals surface area contributed by atoms with Crippen LogP contribution in [0.25, 0.3) is 22.1 Å². The van der Waals surface area contributed by atoms with Gasteiger partial charge in [-0.25, -0.2) is 9.50 Å². The third-order valence-electron chi connectivity index (χ3n) is 6.00. The molecule has 0 aliphatic heterocycles. The third-order valence-corrected chi connectivity index (χ3v) is 6.00. The second-order valence-electron chi connectivity index (χ2n) is 8.48. The molecule has 2 aromatic carbocycles. The molecule has 9 heteroatoms. The van der Waals surface area contributed by atoms with Crippen LogP contribution < -0.4 is 21.9 Å². The molecule has 1 amide bonds. The molecule has 9 nitrogen and oxygen atoms in total. The van der Waals surface area contributed by atoms with Gasteiger partial charge in [0.25, 0.3) is 11.5 Å². The lowest BCUT2D eigenvalue weighted by molar-refractivity contribution is 0.0932. The molecule has 184 valence electrons. The van der Waals surface area contributed by atoms with Crippen molar-refractivity contribution >= 4 is 28.1 Å². The van der Waals surface area contributed by atoms with Gasteiger partial charge < -0.3 is 16.4 Å². The molecule has 5 aromatic rings. The Morgan fingerprint density at radius 3 is 2.70 bits per heavy atom. The standard InChI is InChI=1S/C28H25N7O2/c1-18(32-27(36)25-26(29)33-23-14-8-16-31-35(23)25)22-17-20-10-6-9-19(11-7-15-30-2)24(20)28(37)34(22)21-12-4-3-5-13-21/h3-6,8-10,12-14,16-18,30H,15,29H2,1-2H3,(H,32,36)/t18-/m0/s1. The quantitative estimate of drug-likeness (QED) is 0.325. The van der Waals surface area contributed by atoms with Crippen molar-refractivity contribution in [3.8, 4) is 17.5 Å². The number of aromatic nitrogens is 4. The zero-order valence-electron chi connectivity index (χ0n) is 20.4. The molecule has 0 aliphatic rings. The number of hydrogen-bond acceptors (Lipinski definition) is 6. The van der Waals surface area contributed by atoms with Crippen LogP contribution in [-0.4, -0.2) is 38.7 Å². The molecule has 0 bridgehead atoms. The molecule has 3 aromatic heterocycles. The van der Waals surface area contributed by atoms with Crippen molar-refractivity contribution in [1.82, 2.24) is 29.8 Å². The fourth-order valence-electron chi connectivity index (χ4n) is 4.33. The number of nitrogens with zero attached hydrogens (tertiary/aromatic N) is 4. The lowest BCUT2D eigenvalue weighted by Gasteiger charge is -2.21. The van der Waals surface area contributed by atoms with Crippen LogP contribution in [0.3, 0.4) is 0 Å². The Morgan fingerprint density at radius 1 is 1.11 bits per heavy atom. The summed E-state index contributed by atoms with van der Waals surface area (Å²) in [4.78, 5) is 31.5. The number of nitrogen functional groups attached to an aromatic ring is 1. The van der Waals surface area contributed by atoms with Gasteiger partial charge in [-0.3, -0.25) is 14.2 Å². The fourth-order valence-corrected chi connectivity index (χ4v) is 4.33. The van der Waals surface area contributed by atoms with Gasteiger partial charge in [0.15, 0.2) is 17.2 Å². The van der Waals surface area contributed by atoms with Crippen LogP contribution in [0.1, 0.15) is 34.7 Å². The van der Waals surface area contributed by atoms with Crippen LogP contribution in [0.4, 0.5) is 5.82 Å². The predicted octanol–water partition coefficient (Wildman–Crippen LogP) is 2.68. The van der Waals surface area contributed by atoms with E-state index in [1.54, 1.807) is 22.9 Å². The van der Waals surface area contributed by atoms with Crippen LogP contribution >= 0.6 is 0 Å². The molecule has 4 N–H and O–H groups in total. The molecule has 1 atom stereocenters. The van der Waals surface area contributed by atoms with Crippen LogP contribution in [0.5, 0.6) is 0 Å². The van der Waals surface area contributed by atoms with Crippen molar-refractivity contribution in [2.45, 2.75) is 13.0 Å². The van der Waals surface area contributed by atoms with E-state index in [1.165, 1.54) is 4.52 Å². The first-order chi connectivity index (χ1) is 18.0. The minimum atomic E-state index is -0.558. The van der Waals surface area contributed by atoms with Gasteiger partial charge in [0, 0.05) is 23.1 Å². The van der Waals surface area contributed by atoms with Gasteiger partial charge >= 0.3 is 0 Å². The van der Waals surface area contributed by atoms with Crippen molar-refractivity contribution in [2.24, 2.45) is 0 Å². The highest BCUT2D eigenvalue weighted by molar-refractivity contribution is 5.98. The van der Waals surface area contributed by atoms with E-state index in [-0.39, 0.29) is 17.1 Å². The number of anilines is 1. The number of carbonyl (C=O) groups excluding carboxylic acids is 1. The maximum atomic E-state index is 14.0. The second-order valence-corrected chi connectivity index (χ2v) is 8.48. The van der Waals surface area contributed by atoms with Gasteiger partial charge in [-0.05, 0) is 55.8 Å². The van der Waals surface area contributed by atoms with Gasteiger partial charge in [-0.15, -0.1) is 0 Å². The van der Waals surface area contributed by atoms with E-state index in [9.17, 15) is 9.59 Å². The number of nitrogens with two attached hydrogens (primary N) is 1. The zero-order valence-corrected chi connectivity index (χ0v) is 20.4. The Morgan fingerprint density at radius 2 is 1.92 bits per heavy atom. The highest BCUT2D eigenvalue weighted by Gasteiger charge is 2.23. The molecule has 37 heavy (non-hydrogen) atoms. The Balaban J connectivity index is 1.64. The summed E-state index contributed by atoms with van der Waals surface area (Å²) in [6.45, 7) is 2.33. The first kappa shape index (κ1) is 23.8. The molecule has 0 spiro atoms. The first-order valence-electron chi connectivity index (χ1n) is 11.8. The minimum absolute atomic E-state index is 0.0761. The topological polar surface area (TPSA) is 119 Å². The zero-order chi connectivity index (χ0) is 25.9. The summed E-state index contributed by atoms with van der Waals surface area (Å²) in [5.41, 5.74) is 8.38. The number of carbonyl (C=O) groups is 1. The van der Waals surface area contributed by atoms with E-state index in [0.29, 0.717) is 34.5 Å². The van der Waals surface area contributed by atoms with Gasteiger partial charge in [0.05, 0.1) is 18.0 Å². The van der Waals surface area contributed by atoms with Crippen LogP contribution in [0.15, 0.2) is 77.7 Å². The summed E-state index contributed by atoms with van der Waals surface area (Å²) < 4.78 is 3.02. The summed E-state index contributed by atoms with van der Waals surface area (Å²) in [6.07, 6.45) is 1.56. The van der Waals surface area contributed by atoms with Crippen LogP contribution in [0.2, 0.25) is 0 Å². The minimum Gasteiger partial charge on any atom is -0.382 e. The monoisotopic (exact) mass is 491 g/mol. The highest BCUT2D eigenvalue weighted by atomic mass is 16.2. The van der Waals surface area contributed by atoms with E-state index < -0.39 is 11.9 Å². The number of rotatable bonds is 5. The van der Waals surface area contributed by atoms with Gasteiger partial charge in [0.1, 0.15) is 0 Å². The molecular weight excluding hydrogens is 466 g/mol. The third kappa shape index (κ3) is 4.42. The lowest BCUT2D eigenvalue weighted by atomic mass is 10.0. The van der Waals surface area contributed by atoms with Gasteiger partial charge in [-0.2, -0.15) is 5.10 Å². The SMILES string of the molecule is CNCC#Cc1cccc2cc([C@H](C)NC(=O)c3c(N)nc4cccnn34)n(-c3ccccc3)c(=O)c12. The van der Waals surface area contributed by atoms with Crippen LogP contribution in [-0.2, 0) is 0 Å². The highest BCUT2D eigenvalue weighted by Crippen LogP contribution is 2.24. The predicted molar refractivity (Wildman–Crippen MR) is 144 cm³/mol. The Kier molecular flexibility index (Phi) is 6.41. The molecular formula is C28H25N7O2. The number of hydrogen-bond donors (Lipinski definition) is 3. The molecule has 0 saturated carbocycles. The molecule has 0 fully saturated rings. The maximum absolute atomic E-state index is 14.0.